The van der Waals surface area contributed by atoms with Gasteiger partial charge in [-0.1, -0.05) is 13.8 Å². The highest BCUT2D eigenvalue weighted by molar-refractivity contribution is 5.77. The van der Waals surface area contributed by atoms with Crippen LogP contribution in [0.2, 0.25) is 0 Å². The summed E-state index contributed by atoms with van der Waals surface area (Å²) in [4.78, 5) is 22.7. The molecule has 108 valence electrons. The predicted octanol–water partition coefficient (Wildman–Crippen LogP) is 2.12. The average Bonchev–Trinajstić information content (AvgIpc) is 3.03. The largest absolute Gasteiger partial charge is 0.481 e. The highest BCUT2D eigenvalue weighted by atomic mass is 16.4. The van der Waals surface area contributed by atoms with Crippen molar-refractivity contribution in [1.29, 1.82) is 0 Å². The molecule has 0 aliphatic heterocycles. The third-order valence-electron chi connectivity index (χ3n) is 4.90. The number of rotatable bonds is 6. The third kappa shape index (κ3) is 3.19. The van der Waals surface area contributed by atoms with Gasteiger partial charge in [-0.25, -0.2) is 4.79 Å². The van der Waals surface area contributed by atoms with E-state index in [1.165, 1.54) is 12.8 Å². The van der Waals surface area contributed by atoms with Gasteiger partial charge in [-0.05, 0) is 43.4 Å². The van der Waals surface area contributed by atoms with E-state index in [1.54, 1.807) is 0 Å². The van der Waals surface area contributed by atoms with Gasteiger partial charge in [0.2, 0.25) is 0 Å². The number of carbonyl (C=O) groups excluding carboxylic acids is 1. The van der Waals surface area contributed by atoms with Crippen LogP contribution >= 0.6 is 0 Å². The first kappa shape index (κ1) is 14.2. The molecule has 2 aliphatic rings. The van der Waals surface area contributed by atoms with Gasteiger partial charge in [0.05, 0.1) is 12.0 Å². The van der Waals surface area contributed by atoms with Crippen LogP contribution in [0.1, 0.15) is 52.4 Å². The van der Waals surface area contributed by atoms with Gasteiger partial charge >= 0.3 is 12.0 Å². The lowest BCUT2D eigenvalue weighted by atomic mass is 9.74. The molecule has 2 rings (SSSR count). The number of urea groups is 1. The summed E-state index contributed by atoms with van der Waals surface area (Å²) in [7, 11) is 0. The monoisotopic (exact) mass is 268 g/mol. The molecule has 2 amide bonds. The summed E-state index contributed by atoms with van der Waals surface area (Å²) < 4.78 is 0. The smallest absolute Gasteiger partial charge is 0.315 e. The van der Waals surface area contributed by atoms with E-state index in [0.717, 1.165) is 19.3 Å². The van der Waals surface area contributed by atoms with Crippen LogP contribution < -0.4 is 10.6 Å². The third-order valence-corrected chi connectivity index (χ3v) is 4.90. The number of hydrogen-bond donors (Lipinski definition) is 3. The maximum absolute atomic E-state index is 11.9. The van der Waals surface area contributed by atoms with Gasteiger partial charge in [-0.3, -0.25) is 4.79 Å². The van der Waals surface area contributed by atoms with Gasteiger partial charge in [-0.2, -0.15) is 0 Å². The lowest BCUT2D eigenvalue weighted by Crippen LogP contribution is -2.57. The van der Waals surface area contributed by atoms with Gasteiger partial charge in [-0.15, -0.1) is 0 Å². The zero-order valence-electron chi connectivity index (χ0n) is 11.8. The van der Waals surface area contributed by atoms with Crippen LogP contribution in [0.5, 0.6) is 0 Å². The fourth-order valence-corrected chi connectivity index (χ4v) is 2.90. The second-order valence-electron chi connectivity index (χ2n) is 6.53. The molecule has 5 nitrogen and oxygen atoms in total. The topological polar surface area (TPSA) is 78.4 Å². The lowest BCUT2D eigenvalue weighted by molar-refractivity contribution is -0.139. The number of carbonyl (C=O) groups is 2. The summed E-state index contributed by atoms with van der Waals surface area (Å²) in [5, 5.41) is 14.7. The molecule has 0 heterocycles. The van der Waals surface area contributed by atoms with E-state index in [9.17, 15) is 9.59 Å². The Hall–Kier alpha value is -1.26. The number of carboxylic acid groups (broad SMARTS) is 1. The Morgan fingerprint density at radius 3 is 2.21 bits per heavy atom. The van der Waals surface area contributed by atoms with Crippen LogP contribution in [0.15, 0.2) is 0 Å². The van der Waals surface area contributed by atoms with E-state index in [-0.39, 0.29) is 17.9 Å². The molecule has 0 aromatic heterocycles. The molecule has 0 saturated heterocycles. The Balaban J connectivity index is 1.79. The SMILES string of the molecule is CC(C)C1(CNC(=O)NC2(CC(=O)O)CCC2)CC1. The second kappa shape index (κ2) is 5.02. The van der Waals surface area contributed by atoms with E-state index in [0.29, 0.717) is 12.5 Å². The summed E-state index contributed by atoms with van der Waals surface area (Å²) >= 11 is 0. The van der Waals surface area contributed by atoms with Crippen LogP contribution in [0.4, 0.5) is 4.79 Å². The normalized spacial score (nSPS) is 22.5. The van der Waals surface area contributed by atoms with Gasteiger partial charge in [0.25, 0.3) is 0 Å². The highest BCUT2D eigenvalue weighted by Crippen LogP contribution is 2.51. The van der Waals surface area contributed by atoms with Crippen molar-refractivity contribution < 1.29 is 14.7 Å². The number of hydrogen-bond acceptors (Lipinski definition) is 2. The zero-order chi connectivity index (χ0) is 14.1. The van der Waals surface area contributed by atoms with Crippen molar-refractivity contribution in [2.45, 2.75) is 57.9 Å². The van der Waals surface area contributed by atoms with Crippen LogP contribution in [0, 0.1) is 11.3 Å². The fraction of sp³-hybridized carbons (Fsp3) is 0.857. The van der Waals surface area contributed by atoms with Crippen molar-refractivity contribution in [2.24, 2.45) is 11.3 Å². The minimum Gasteiger partial charge on any atom is -0.481 e. The maximum Gasteiger partial charge on any atom is 0.315 e. The molecule has 2 aliphatic carbocycles. The standard InChI is InChI=1S/C14H24N2O3/c1-10(2)13(6-7-13)9-15-12(19)16-14(4-3-5-14)8-11(17)18/h10H,3-9H2,1-2H3,(H,17,18)(H2,15,16,19). The van der Waals surface area contributed by atoms with Gasteiger partial charge in [0.15, 0.2) is 0 Å². The van der Waals surface area contributed by atoms with Crippen molar-refractivity contribution in [3.8, 4) is 0 Å². The van der Waals surface area contributed by atoms with Gasteiger partial charge in [0.1, 0.15) is 0 Å². The number of amides is 2. The van der Waals surface area contributed by atoms with E-state index in [1.807, 2.05) is 0 Å². The first-order valence-corrected chi connectivity index (χ1v) is 7.15. The van der Waals surface area contributed by atoms with E-state index >= 15 is 0 Å². The quantitative estimate of drug-likeness (QED) is 0.690. The fourth-order valence-electron chi connectivity index (χ4n) is 2.90. The number of carboxylic acids is 1. The van der Waals surface area contributed by atoms with Crippen molar-refractivity contribution in [1.82, 2.24) is 10.6 Å². The van der Waals surface area contributed by atoms with Crippen molar-refractivity contribution in [3.63, 3.8) is 0 Å². The summed E-state index contributed by atoms with van der Waals surface area (Å²) in [6.07, 6.45) is 4.89. The molecule has 0 aromatic carbocycles. The average molecular weight is 268 g/mol. The maximum atomic E-state index is 11.9. The van der Waals surface area contributed by atoms with Crippen molar-refractivity contribution in [3.05, 3.63) is 0 Å². The molecule has 0 atom stereocenters. The van der Waals surface area contributed by atoms with Crippen LogP contribution in [-0.2, 0) is 4.79 Å². The summed E-state index contributed by atoms with van der Waals surface area (Å²) in [5.41, 5.74) is -0.235. The minimum atomic E-state index is -0.846. The number of aliphatic carboxylic acids is 1. The molecule has 0 radical (unpaired) electrons. The Morgan fingerprint density at radius 2 is 1.84 bits per heavy atom. The van der Waals surface area contributed by atoms with Crippen LogP contribution in [0.3, 0.4) is 0 Å². The Bertz CT molecular complexity index is 371. The molecule has 0 aromatic rings. The first-order chi connectivity index (χ1) is 8.88. The highest BCUT2D eigenvalue weighted by Gasteiger charge is 2.46. The zero-order valence-corrected chi connectivity index (χ0v) is 11.8. The first-order valence-electron chi connectivity index (χ1n) is 7.15. The van der Waals surface area contributed by atoms with E-state index < -0.39 is 11.5 Å². The molecule has 0 bridgehead atoms. The van der Waals surface area contributed by atoms with E-state index in [2.05, 4.69) is 24.5 Å². The Morgan fingerprint density at radius 1 is 1.21 bits per heavy atom. The molecule has 3 N–H and O–H groups in total. The Labute approximate surface area is 114 Å². The molecule has 0 unspecified atom stereocenters. The number of nitrogens with one attached hydrogen (secondary N) is 2. The molecule has 5 heteroatoms. The van der Waals surface area contributed by atoms with Crippen LogP contribution in [0.25, 0.3) is 0 Å². The lowest BCUT2D eigenvalue weighted by Gasteiger charge is -2.41. The second-order valence-corrected chi connectivity index (χ2v) is 6.53. The molecular weight excluding hydrogens is 244 g/mol. The predicted molar refractivity (Wildman–Crippen MR) is 71.9 cm³/mol. The summed E-state index contributed by atoms with van der Waals surface area (Å²) in [6.45, 7) is 5.06. The molecular formula is C14H24N2O3. The van der Waals surface area contributed by atoms with Gasteiger partial charge in [0, 0.05) is 6.54 Å². The molecule has 2 fully saturated rings. The van der Waals surface area contributed by atoms with Crippen molar-refractivity contribution >= 4 is 12.0 Å². The van der Waals surface area contributed by atoms with Crippen molar-refractivity contribution in [2.75, 3.05) is 6.54 Å². The van der Waals surface area contributed by atoms with Gasteiger partial charge < -0.3 is 15.7 Å². The molecule has 0 spiro atoms. The van der Waals surface area contributed by atoms with Crippen LogP contribution in [-0.4, -0.2) is 29.2 Å². The Kier molecular flexibility index (Phi) is 3.74. The summed E-state index contributed by atoms with van der Waals surface area (Å²) in [6, 6.07) is -0.215. The minimum absolute atomic E-state index is 0.0236. The summed E-state index contributed by atoms with van der Waals surface area (Å²) in [5.74, 6) is -0.273. The van der Waals surface area contributed by atoms with E-state index in [4.69, 9.17) is 5.11 Å². The molecule has 2 saturated carbocycles. The molecule has 19 heavy (non-hydrogen) atoms.